The van der Waals surface area contributed by atoms with E-state index in [9.17, 15) is 4.79 Å². The van der Waals surface area contributed by atoms with Crippen LogP contribution in [0.2, 0.25) is 0 Å². The van der Waals surface area contributed by atoms with E-state index in [0.717, 1.165) is 16.6 Å². The van der Waals surface area contributed by atoms with E-state index in [0.29, 0.717) is 0 Å². The second-order valence-electron chi connectivity index (χ2n) is 4.71. The zero-order valence-corrected chi connectivity index (χ0v) is 10.5. The summed E-state index contributed by atoms with van der Waals surface area (Å²) in [7, 11) is 0. The molecular weight excluding hydrogens is 254 g/mol. The van der Waals surface area contributed by atoms with Gasteiger partial charge >= 0.3 is 0 Å². The minimum Gasteiger partial charge on any atom is -0.325 e. The van der Waals surface area contributed by atoms with Crippen LogP contribution in [0.4, 0.5) is 5.69 Å². The number of rotatable bonds is 2. The van der Waals surface area contributed by atoms with E-state index in [2.05, 4.69) is 35.1 Å². The van der Waals surface area contributed by atoms with Crippen LogP contribution in [-0.4, -0.2) is 5.91 Å². The molecule has 15 heavy (non-hydrogen) atoms. The molecule has 0 saturated heterocycles. The van der Waals surface area contributed by atoms with Crippen molar-refractivity contribution in [2.24, 2.45) is 11.3 Å². The lowest BCUT2D eigenvalue weighted by Gasteiger charge is -2.07. The molecular formula is C12H14BrNO. The largest absolute Gasteiger partial charge is 0.325 e. The van der Waals surface area contributed by atoms with Gasteiger partial charge in [-0.05, 0) is 39.9 Å². The van der Waals surface area contributed by atoms with Gasteiger partial charge < -0.3 is 5.32 Å². The molecule has 0 spiro atoms. The van der Waals surface area contributed by atoms with Gasteiger partial charge in [-0.3, -0.25) is 4.79 Å². The average molecular weight is 268 g/mol. The van der Waals surface area contributed by atoms with Crippen molar-refractivity contribution in [1.29, 1.82) is 0 Å². The van der Waals surface area contributed by atoms with Crippen LogP contribution >= 0.6 is 15.9 Å². The predicted octanol–water partition coefficient (Wildman–Crippen LogP) is 3.43. The fourth-order valence-corrected chi connectivity index (χ4v) is 2.08. The Bertz CT molecular complexity index is 400. The zero-order chi connectivity index (χ0) is 11.1. The Hall–Kier alpha value is -0.830. The van der Waals surface area contributed by atoms with Crippen LogP contribution in [0.3, 0.4) is 0 Å². The molecule has 3 heteroatoms. The molecule has 0 radical (unpaired) electrons. The highest BCUT2D eigenvalue weighted by Gasteiger charge is 2.50. The number of para-hydroxylation sites is 1. The van der Waals surface area contributed by atoms with Crippen molar-refractivity contribution in [3.63, 3.8) is 0 Å². The normalized spacial score (nSPS) is 22.2. The van der Waals surface area contributed by atoms with Gasteiger partial charge in [-0.25, -0.2) is 0 Å². The third-order valence-electron chi connectivity index (χ3n) is 2.96. The molecule has 1 unspecified atom stereocenters. The van der Waals surface area contributed by atoms with Gasteiger partial charge in [0, 0.05) is 10.4 Å². The number of hydrogen-bond donors (Lipinski definition) is 1. The Balaban J connectivity index is 2.05. The minimum absolute atomic E-state index is 0.131. The van der Waals surface area contributed by atoms with Crippen LogP contribution < -0.4 is 5.32 Å². The molecule has 1 atom stereocenters. The monoisotopic (exact) mass is 267 g/mol. The second kappa shape index (κ2) is 3.63. The Labute approximate surface area is 98.2 Å². The summed E-state index contributed by atoms with van der Waals surface area (Å²) in [5.74, 6) is 0.302. The molecule has 1 N–H and O–H groups in total. The topological polar surface area (TPSA) is 29.1 Å². The summed E-state index contributed by atoms with van der Waals surface area (Å²) >= 11 is 3.41. The van der Waals surface area contributed by atoms with Gasteiger partial charge in [0.25, 0.3) is 0 Å². The maximum Gasteiger partial charge on any atom is 0.228 e. The van der Waals surface area contributed by atoms with Crippen molar-refractivity contribution in [2.75, 3.05) is 5.32 Å². The number of nitrogens with one attached hydrogen (secondary N) is 1. The number of carbonyl (C=O) groups excluding carboxylic acids is 1. The smallest absolute Gasteiger partial charge is 0.228 e. The first-order valence-corrected chi connectivity index (χ1v) is 5.85. The Morgan fingerprint density at radius 3 is 2.60 bits per heavy atom. The molecule has 1 fully saturated rings. The van der Waals surface area contributed by atoms with Gasteiger partial charge in [0.15, 0.2) is 0 Å². The third kappa shape index (κ3) is 2.23. The zero-order valence-electron chi connectivity index (χ0n) is 8.88. The number of hydrogen-bond acceptors (Lipinski definition) is 1. The summed E-state index contributed by atoms with van der Waals surface area (Å²) in [5, 5.41) is 2.94. The second-order valence-corrected chi connectivity index (χ2v) is 5.57. The Morgan fingerprint density at radius 1 is 1.47 bits per heavy atom. The van der Waals surface area contributed by atoms with Crippen molar-refractivity contribution < 1.29 is 4.79 Å². The van der Waals surface area contributed by atoms with Crippen LogP contribution in [0.5, 0.6) is 0 Å². The van der Waals surface area contributed by atoms with Gasteiger partial charge in [0.2, 0.25) is 5.91 Å². The summed E-state index contributed by atoms with van der Waals surface area (Å²) in [5.41, 5.74) is 1.04. The van der Waals surface area contributed by atoms with Crippen molar-refractivity contribution in [3.05, 3.63) is 28.7 Å². The number of amides is 1. The van der Waals surface area contributed by atoms with Crippen LogP contribution in [0.25, 0.3) is 0 Å². The molecule has 2 rings (SSSR count). The van der Waals surface area contributed by atoms with Crippen molar-refractivity contribution in [2.45, 2.75) is 20.3 Å². The van der Waals surface area contributed by atoms with Gasteiger partial charge in [0.05, 0.1) is 5.69 Å². The molecule has 80 valence electrons. The first-order valence-electron chi connectivity index (χ1n) is 5.06. The first kappa shape index (κ1) is 10.7. The number of carbonyl (C=O) groups is 1. The molecule has 1 amide bonds. The molecule has 2 nitrogen and oxygen atoms in total. The highest BCUT2D eigenvalue weighted by Crippen LogP contribution is 2.52. The maximum atomic E-state index is 11.8. The molecule has 1 aliphatic carbocycles. The fraction of sp³-hybridized carbons (Fsp3) is 0.417. The van der Waals surface area contributed by atoms with Crippen LogP contribution in [0.1, 0.15) is 20.3 Å². The van der Waals surface area contributed by atoms with Crippen LogP contribution in [-0.2, 0) is 4.79 Å². The average Bonchev–Trinajstić information content (AvgIpc) is 2.79. The molecule has 1 aromatic rings. The lowest BCUT2D eigenvalue weighted by Crippen LogP contribution is -2.16. The van der Waals surface area contributed by atoms with E-state index in [1.54, 1.807) is 0 Å². The molecule has 0 aliphatic heterocycles. The van der Waals surface area contributed by atoms with Crippen molar-refractivity contribution in [3.8, 4) is 0 Å². The molecule has 1 saturated carbocycles. The molecule has 1 aliphatic rings. The van der Waals surface area contributed by atoms with Crippen molar-refractivity contribution in [1.82, 2.24) is 0 Å². The first-order chi connectivity index (χ1) is 7.00. The van der Waals surface area contributed by atoms with Crippen molar-refractivity contribution >= 4 is 27.5 Å². The number of halogens is 1. The summed E-state index contributed by atoms with van der Waals surface area (Å²) in [6.45, 7) is 4.24. The van der Waals surface area contributed by atoms with Crippen LogP contribution in [0, 0.1) is 11.3 Å². The summed E-state index contributed by atoms with van der Waals surface area (Å²) in [6.07, 6.45) is 0.989. The lowest BCUT2D eigenvalue weighted by atomic mass is 10.1. The standard InChI is InChI=1S/C12H14BrNO/c1-12(2)7-8(12)11(15)14-10-6-4-3-5-9(10)13/h3-6,8H,7H2,1-2H3,(H,14,15). The van der Waals surface area contributed by atoms with Crippen LogP contribution in [0.15, 0.2) is 28.7 Å². The molecule has 0 bridgehead atoms. The van der Waals surface area contributed by atoms with Gasteiger partial charge in [0.1, 0.15) is 0 Å². The highest BCUT2D eigenvalue weighted by molar-refractivity contribution is 9.10. The van der Waals surface area contributed by atoms with E-state index < -0.39 is 0 Å². The third-order valence-corrected chi connectivity index (χ3v) is 3.65. The molecule has 0 heterocycles. The summed E-state index contributed by atoms with van der Waals surface area (Å²) in [6, 6.07) is 7.67. The highest BCUT2D eigenvalue weighted by atomic mass is 79.9. The Kier molecular flexibility index (Phi) is 2.59. The number of benzene rings is 1. The Morgan fingerprint density at radius 2 is 2.07 bits per heavy atom. The fourth-order valence-electron chi connectivity index (χ4n) is 1.70. The SMILES string of the molecule is CC1(C)CC1C(=O)Nc1ccccc1Br. The van der Waals surface area contributed by atoms with E-state index in [1.807, 2.05) is 24.3 Å². The predicted molar refractivity (Wildman–Crippen MR) is 64.7 cm³/mol. The number of anilines is 1. The molecule has 1 aromatic carbocycles. The lowest BCUT2D eigenvalue weighted by molar-refractivity contribution is -0.118. The van der Waals surface area contributed by atoms with E-state index in [4.69, 9.17) is 0 Å². The quantitative estimate of drug-likeness (QED) is 0.874. The molecule has 0 aromatic heterocycles. The van der Waals surface area contributed by atoms with Gasteiger partial charge in [-0.15, -0.1) is 0 Å². The van der Waals surface area contributed by atoms with E-state index >= 15 is 0 Å². The summed E-state index contributed by atoms with van der Waals surface area (Å²) < 4.78 is 0.928. The van der Waals surface area contributed by atoms with Gasteiger partial charge in [-0.2, -0.15) is 0 Å². The van der Waals surface area contributed by atoms with Gasteiger partial charge in [-0.1, -0.05) is 26.0 Å². The van der Waals surface area contributed by atoms with E-state index in [1.165, 1.54) is 0 Å². The maximum absolute atomic E-state index is 11.8. The van der Waals surface area contributed by atoms with E-state index in [-0.39, 0.29) is 17.2 Å². The minimum atomic E-state index is 0.131. The summed E-state index contributed by atoms with van der Waals surface area (Å²) in [4.78, 5) is 11.8.